The van der Waals surface area contributed by atoms with Crippen LogP contribution in [-0.2, 0) is 6.42 Å². The van der Waals surface area contributed by atoms with Crippen molar-refractivity contribution in [2.24, 2.45) is 0 Å². The Balaban J connectivity index is 1.64. The molecule has 2 nitrogen and oxygen atoms in total. The van der Waals surface area contributed by atoms with Crippen LogP contribution in [0.25, 0.3) is 6.08 Å². The van der Waals surface area contributed by atoms with Crippen molar-refractivity contribution < 1.29 is 13.9 Å². The molecule has 0 spiro atoms. The number of hydrogen-bond acceptors (Lipinski definition) is 2. The van der Waals surface area contributed by atoms with Gasteiger partial charge in [0.25, 0.3) is 0 Å². The number of rotatable bonds is 3. The second kappa shape index (κ2) is 6.36. The maximum atomic E-state index is 14.0. The lowest BCUT2D eigenvalue weighted by Gasteiger charge is -2.07. The van der Waals surface area contributed by atoms with Gasteiger partial charge in [-0.2, -0.15) is 0 Å². The van der Waals surface area contributed by atoms with Gasteiger partial charge in [0, 0.05) is 17.6 Å². The minimum absolute atomic E-state index is 0.0328. The molecular weight excluding hydrogens is 315 g/mol. The molecule has 0 aliphatic heterocycles. The van der Waals surface area contributed by atoms with E-state index in [-0.39, 0.29) is 11.5 Å². The second-order valence-corrected chi connectivity index (χ2v) is 5.94. The molecule has 0 aromatic heterocycles. The first-order valence-electron chi connectivity index (χ1n) is 8.06. The molecule has 1 aliphatic carbocycles. The topological polar surface area (TPSA) is 26.3 Å². The molecule has 0 N–H and O–H groups in total. The molecule has 0 radical (unpaired) electrons. The monoisotopic (exact) mass is 330 g/mol. The first-order chi connectivity index (χ1) is 12.2. The Hall–Kier alpha value is -3.20. The number of halogens is 1. The minimum Gasteiger partial charge on any atom is -0.454 e. The third-order valence-corrected chi connectivity index (χ3v) is 4.20. The zero-order chi connectivity index (χ0) is 17.2. The number of allylic oxidation sites excluding steroid dienone is 1. The Morgan fingerprint density at radius 3 is 2.48 bits per heavy atom. The van der Waals surface area contributed by atoms with Crippen molar-refractivity contribution in [3.8, 4) is 11.5 Å². The van der Waals surface area contributed by atoms with Crippen LogP contribution in [0, 0.1) is 5.82 Å². The predicted molar refractivity (Wildman–Crippen MR) is 95.4 cm³/mol. The number of ether oxygens (including phenoxy) is 1. The molecule has 3 heteroatoms. The highest BCUT2D eigenvalue weighted by Gasteiger charge is 2.24. The fourth-order valence-electron chi connectivity index (χ4n) is 2.98. The van der Waals surface area contributed by atoms with Crippen molar-refractivity contribution >= 4 is 11.9 Å². The van der Waals surface area contributed by atoms with Gasteiger partial charge in [0.15, 0.2) is 17.3 Å². The first-order valence-corrected chi connectivity index (χ1v) is 8.06. The molecule has 122 valence electrons. The summed E-state index contributed by atoms with van der Waals surface area (Å²) in [4.78, 5) is 12.5. The summed E-state index contributed by atoms with van der Waals surface area (Å²) in [6, 6.07) is 21.3. The van der Waals surface area contributed by atoms with E-state index >= 15 is 0 Å². The summed E-state index contributed by atoms with van der Waals surface area (Å²) in [6.45, 7) is 0. The Bertz CT molecular complexity index is 974. The fourth-order valence-corrected chi connectivity index (χ4v) is 2.98. The van der Waals surface area contributed by atoms with Gasteiger partial charge in [-0.1, -0.05) is 48.5 Å². The van der Waals surface area contributed by atoms with Crippen LogP contribution in [0.2, 0.25) is 0 Å². The Morgan fingerprint density at radius 2 is 1.68 bits per heavy atom. The molecule has 3 aromatic carbocycles. The van der Waals surface area contributed by atoms with Gasteiger partial charge in [0.05, 0.1) is 0 Å². The molecule has 0 bridgehead atoms. The van der Waals surface area contributed by atoms with Crippen molar-refractivity contribution in [2.45, 2.75) is 6.42 Å². The normalized spacial score (nSPS) is 14.6. The van der Waals surface area contributed by atoms with E-state index in [0.29, 0.717) is 17.7 Å². The Labute approximate surface area is 145 Å². The van der Waals surface area contributed by atoms with Gasteiger partial charge in [-0.3, -0.25) is 4.79 Å². The summed E-state index contributed by atoms with van der Waals surface area (Å²) in [5.74, 6) is 0.302. The fraction of sp³-hybridized carbons (Fsp3) is 0.0455. The van der Waals surface area contributed by atoms with Crippen LogP contribution in [0.15, 0.2) is 78.4 Å². The zero-order valence-electron chi connectivity index (χ0n) is 13.4. The van der Waals surface area contributed by atoms with Crippen molar-refractivity contribution in [2.75, 3.05) is 0 Å². The highest BCUT2D eigenvalue weighted by atomic mass is 19.1. The lowest BCUT2D eigenvalue weighted by atomic mass is 10.1. The number of ketones is 1. The van der Waals surface area contributed by atoms with E-state index in [2.05, 4.69) is 0 Å². The number of hydrogen-bond donors (Lipinski definition) is 0. The van der Waals surface area contributed by atoms with Gasteiger partial charge < -0.3 is 4.74 Å². The maximum absolute atomic E-state index is 14.0. The van der Waals surface area contributed by atoms with Crippen molar-refractivity contribution in [3.63, 3.8) is 0 Å². The summed E-state index contributed by atoms with van der Waals surface area (Å²) < 4.78 is 19.7. The molecule has 0 amide bonds. The average Bonchev–Trinajstić information content (AvgIpc) is 2.95. The summed E-state index contributed by atoms with van der Waals surface area (Å²) in [6.07, 6.45) is 2.40. The van der Waals surface area contributed by atoms with E-state index in [0.717, 1.165) is 16.7 Å². The first kappa shape index (κ1) is 15.3. The lowest BCUT2D eigenvalue weighted by Crippen LogP contribution is -1.95. The molecule has 0 saturated carbocycles. The van der Waals surface area contributed by atoms with Crippen LogP contribution < -0.4 is 4.74 Å². The van der Waals surface area contributed by atoms with Gasteiger partial charge in [0.2, 0.25) is 0 Å². The van der Waals surface area contributed by atoms with Crippen molar-refractivity contribution in [1.29, 1.82) is 0 Å². The minimum atomic E-state index is -0.438. The van der Waals surface area contributed by atoms with Gasteiger partial charge >= 0.3 is 0 Å². The van der Waals surface area contributed by atoms with Gasteiger partial charge in [-0.25, -0.2) is 4.39 Å². The molecule has 0 fully saturated rings. The molecule has 25 heavy (non-hydrogen) atoms. The number of carbonyl (C=O) groups is 1. The Morgan fingerprint density at radius 1 is 0.920 bits per heavy atom. The highest BCUT2D eigenvalue weighted by Crippen LogP contribution is 2.30. The summed E-state index contributed by atoms with van der Waals surface area (Å²) >= 11 is 0. The van der Waals surface area contributed by atoms with Crippen LogP contribution in [0.1, 0.15) is 21.5 Å². The zero-order valence-corrected chi connectivity index (χ0v) is 13.4. The third kappa shape index (κ3) is 3.09. The molecule has 3 aromatic rings. The molecule has 4 rings (SSSR count). The SMILES string of the molecule is O=C1/C(=C/c2ccc(F)c(Oc3ccccc3)c2)Cc2ccccc21. The average molecular weight is 330 g/mol. The largest absolute Gasteiger partial charge is 0.454 e. The highest BCUT2D eigenvalue weighted by molar-refractivity contribution is 6.15. The van der Waals surface area contributed by atoms with Crippen LogP contribution in [0.5, 0.6) is 11.5 Å². The molecule has 0 saturated heterocycles. The van der Waals surface area contributed by atoms with E-state index < -0.39 is 5.82 Å². The number of benzene rings is 3. The number of fused-ring (bicyclic) bond motifs is 1. The van der Waals surface area contributed by atoms with Crippen molar-refractivity contribution in [3.05, 3.63) is 101 Å². The summed E-state index contributed by atoms with van der Waals surface area (Å²) in [7, 11) is 0. The molecule has 0 heterocycles. The van der Waals surface area contributed by atoms with Crippen molar-refractivity contribution in [1.82, 2.24) is 0 Å². The maximum Gasteiger partial charge on any atom is 0.189 e. The molecule has 0 atom stereocenters. The van der Waals surface area contributed by atoms with Crippen LogP contribution in [0.4, 0.5) is 4.39 Å². The third-order valence-electron chi connectivity index (χ3n) is 4.20. The van der Waals surface area contributed by atoms with E-state index in [1.54, 1.807) is 30.3 Å². The second-order valence-electron chi connectivity index (χ2n) is 5.94. The van der Waals surface area contributed by atoms with Crippen LogP contribution in [-0.4, -0.2) is 5.78 Å². The van der Waals surface area contributed by atoms with Gasteiger partial charge in [-0.05, 0) is 41.5 Å². The number of para-hydroxylation sites is 1. The quantitative estimate of drug-likeness (QED) is 0.598. The number of Topliss-reactive ketones (excluding diaryl/α,β-unsaturated/α-hetero) is 1. The smallest absolute Gasteiger partial charge is 0.189 e. The van der Waals surface area contributed by atoms with Crippen LogP contribution >= 0.6 is 0 Å². The number of carbonyl (C=O) groups excluding carboxylic acids is 1. The van der Waals surface area contributed by atoms with Gasteiger partial charge in [-0.15, -0.1) is 0 Å². The lowest BCUT2D eigenvalue weighted by molar-refractivity contribution is 0.104. The van der Waals surface area contributed by atoms with Crippen LogP contribution in [0.3, 0.4) is 0 Å². The molecular formula is C22H15FO2. The Kier molecular flexibility index (Phi) is 3.90. The van der Waals surface area contributed by atoms with E-state index in [1.165, 1.54) is 6.07 Å². The molecule has 0 unspecified atom stereocenters. The summed E-state index contributed by atoms with van der Waals surface area (Å²) in [5, 5.41) is 0. The van der Waals surface area contributed by atoms with E-state index in [4.69, 9.17) is 4.74 Å². The molecule has 1 aliphatic rings. The predicted octanol–water partition coefficient (Wildman–Crippen LogP) is 5.44. The summed E-state index contributed by atoms with van der Waals surface area (Å²) in [5.41, 5.74) is 3.22. The van der Waals surface area contributed by atoms with Gasteiger partial charge in [0.1, 0.15) is 5.75 Å². The van der Waals surface area contributed by atoms with E-state index in [1.807, 2.05) is 42.5 Å². The standard InChI is InChI=1S/C22H15FO2/c23-20-11-10-15(13-21(20)25-18-7-2-1-3-8-18)12-17-14-16-6-4-5-9-19(16)22(17)24/h1-13H,14H2/b17-12+. The van der Waals surface area contributed by atoms with E-state index in [9.17, 15) is 9.18 Å².